The van der Waals surface area contributed by atoms with Crippen LogP contribution < -0.4 is 4.74 Å². The van der Waals surface area contributed by atoms with Crippen molar-refractivity contribution in [1.29, 1.82) is 0 Å². The smallest absolute Gasteiger partial charge is 0.231 e. The molecule has 0 unspecified atom stereocenters. The molecule has 0 aliphatic carbocycles. The number of nitrogens with zero attached hydrogens (tertiary/aromatic N) is 5. The molecule has 0 bridgehead atoms. The highest BCUT2D eigenvalue weighted by Crippen LogP contribution is 2.11. The fraction of sp³-hybridized carbons (Fsp3) is 0.333. The zero-order valence-corrected chi connectivity index (χ0v) is 14.4. The SMILES string of the molecule is COc1ccc2nnc(CCCC(=O)N(C)Cc3ccccc3)n2n1. The van der Waals surface area contributed by atoms with E-state index in [1.54, 1.807) is 28.7 Å². The maximum atomic E-state index is 12.3. The lowest BCUT2D eigenvalue weighted by molar-refractivity contribution is -0.130. The normalized spacial score (nSPS) is 10.8. The van der Waals surface area contributed by atoms with Crippen LogP contribution in [0.15, 0.2) is 42.5 Å². The highest BCUT2D eigenvalue weighted by atomic mass is 16.5. The number of hydrogen-bond donors (Lipinski definition) is 0. The molecule has 1 aromatic carbocycles. The number of carbonyl (C=O) groups is 1. The summed E-state index contributed by atoms with van der Waals surface area (Å²) in [6.07, 6.45) is 1.78. The van der Waals surface area contributed by atoms with Crippen molar-refractivity contribution in [2.24, 2.45) is 0 Å². The Morgan fingerprint density at radius 1 is 1.16 bits per heavy atom. The minimum Gasteiger partial charge on any atom is -0.480 e. The Morgan fingerprint density at radius 3 is 2.72 bits per heavy atom. The van der Waals surface area contributed by atoms with Gasteiger partial charge in [0.2, 0.25) is 11.8 Å². The van der Waals surface area contributed by atoms with Crippen LogP contribution in [-0.4, -0.2) is 44.8 Å². The molecule has 2 aromatic heterocycles. The van der Waals surface area contributed by atoms with Crippen LogP contribution in [0.3, 0.4) is 0 Å². The van der Waals surface area contributed by atoms with Gasteiger partial charge in [-0.1, -0.05) is 30.3 Å². The highest BCUT2D eigenvalue weighted by molar-refractivity contribution is 5.75. The molecule has 0 aliphatic rings. The van der Waals surface area contributed by atoms with Crippen molar-refractivity contribution in [3.8, 4) is 5.88 Å². The molecule has 25 heavy (non-hydrogen) atoms. The molecule has 130 valence electrons. The van der Waals surface area contributed by atoms with E-state index in [0.29, 0.717) is 37.3 Å². The van der Waals surface area contributed by atoms with Crippen LogP contribution in [-0.2, 0) is 17.8 Å². The summed E-state index contributed by atoms with van der Waals surface area (Å²) in [7, 11) is 3.40. The van der Waals surface area contributed by atoms with Gasteiger partial charge in [-0.25, -0.2) is 0 Å². The molecule has 0 saturated heterocycles. The number of rotatable bonds is 7. The van der Waals surface area contributed by atoms with Crippen LogP contribution in [0.4, 0.5) is 0 Å². The number of hydrogen-bond acceptors (Lipinski definition) is 5. The molecule has 0 aliphatic heterocycles. The standard InChI is InChI=1S/C18H21N5O2/c1-22(13-14-7-4-3-5-8-14)18(24)10-6-9-15-19-20-16-11-12-17(25-2)21-23(15)16/h3-5,7-8,11-12H,6,9-10,13H2,1-2H3. The third-order valence-corrected chi connectivity index (χ3v) is 3.99. The van der Waals surface area contributed by atoms with Gasteiger partial charge in [-0.2, -0.15) is 4.52 Å². The summed E-state index contributed by atoms with van der Waals surface area (Å²) in [4.78, 5) is 14.0. The van der Waals surface area contributed by atoms with E-state index in [2.05, 4.69) is 15.3 Å². The number of carbonyl (C=O) groups excluding carboxylic acids is 1. The van der Waals surface area contributed by atoms with E-state index in [0.717, 1.165) is 11.4 Å². The van der Waals surface area contributed by atoms with Crippen molar-refractivity contribution in [2.45, 2.75) is 25.8 Å². The first kappa shape index (κ1) is 16.9. The van der Waals surface area contributed by atoms with Gasteiger partial charge >= 0.3 is 0 Å². The minimum absolute atomic E-state index is 0.114. The summed E-state index contributed by atoms with van der Waals surface area (Å²) in [6.45, 7) is 0.617. The fourth-order valence-electron chi connectivity index (χ4n) is 2.62. The molecule has 3 aromatic rings. The van der Waals surface area contributed by atoms with Crippen molar-refractivity contribution in [1.82, 2.24) is 24.7 Å². The molecule has 0 fully saturated rings. The zero-order chi connectivity index (χ0) is 17.6. The van der Waals surface area contributed by atoms with Gasteiger partial charge in [0, 0.05) is 32.5 Å². The molecule has 0 spiro atoms. The van der Waals surface area contributed by atoms with Crippen LogP contribution in [0, 0.1) is 0 Å². The Morgan fingerprint density at radius 2 is 1.96 bits per heavy atom. The van der Waals surface area contributed by atoms with Crippen molar-refractivity contribution in [2.75, 3.05) is 14.2 Å². The molecule has 0 atom stereocenters. The van der Waals surface area contributed by atoms with Crippen molar-refractivity contribution >= 4 is 11.6 Å². The lowest BCUT2D eigenvalue weighted by Crippen LogP contribution is -2.26. The van der Waals surface area contributed by atoms with Gasteiger partial charge in [-0.05, 0) is 18.1 Å². The third-order valence-electron chi connectivity index (χ3n) is 3.99. The number of fused-ring (bicyclic) bond motifs is 1. The molecule has 0 saturated carbocycles. The Bertz CT molecular complexity index is 847. The Balaban J connectivity index is 1.54. The molecule has 3 rings (SSSR count). The second kappa shape index (κ2) is 7.74. The van der Waals surface area contributed by atoms with E-state index in [-0.39, 0.29) is 5.91 Å². The fourth-order valence-corrected chi connectivity index (χ4v) is 2.62. The summed E-state index contributed by atoms with van der Waals surface area (Å²) in [5.41, 5.74) is 1.79. The van der Waals surface area contributed by atoms with E-state index in [9.17, 15) is 4.79 Å². The summed E-state index contributed by atoms with van der Waals surface area (Å²) in [5, 5.41) is 12.5. The van der Waals surface area contributed by atoms with Gasteiger partial charge < -0.3 is 9.64 Å². The number of aromatic nitrogens is 4. The van der Waals surface area contributed by atoms with E-state index in [1.165, 1.54) is 0 Å². The molecule has 1 amide bonds. The minimum atomic E-state index is 0.114. The molecule has 2 heterocycles. The van der Waals surface area contributed by atoms with Crippen molar-refractivity contribution < 1.29 is 9.53 Å². The van der Waals surface area contributed by atoms with E-state index in [4.69, 9.17) is 4.74 Å². The zero-order valence-electron chi connectivity index (χ0n) is 14.4. The van der Waals surface area contributed by atoms with Crippen LogP contribution >= 0.6 is 0 Å². The third kappa shape index (κ3) is 4.12. The van der Waals surface area contributed by atoms with Crippen molar-refractivity contribution in [3.63, 3.8) is 0 Å². The summed E-state index contributed by atoms with van der Waals surface area (Å²) in [5.74, 6) is 1.35. The molecule has 0 radical (unpaired) electrons. The first-order valence-corrected chi connectivity index (χ1v) is 8.20. The monoisotopic (exact) mass is 339 g/mol. The van der Waals surface area contributed by atoms with Gasteiger partial charge in [0.1, 0.15) is 0 Å². The van der Waals surface area contributed by atoms with Gasteiger partial charge in [0.05, 0.1) is 7.11 Å². The van der Waals surface area contributed by atoms with Crippen LogP contribution in [0.25, 0.3) is 5.65 Å². The number of aryl methyl sites for hydroxylation is 1. The lowest BCUT2D eigenvalue weighted by Gasteiger charge is -2.17. The molecule has 0 N–H and O–H groups in total. The Kier molecular flexibility index (Phi) is 5.23. The van der Waals surface area contributed by atoms with Crippen LogP contribution in [0.5, 0.6) is 5.88 Å². The lowest BCUT2D eigenvalue weighted by atomic mass is 10.2. The van der Waals surface area contributed by atoms with Crippen LogP contribution in [0.1, 0.15) is 24.2 Å². The van der Waals surface area contributed by atoms with Gasteiger partial charge in [0.15, 0.2) is 11.5 Å². The maximum Gasteiger partial charge on any atom is 0.231 e. The first-order chi connectivity index (χ1) is 12.2. The number of amides is 1. The highest BCUT2D eigenvalue weighted by Gasteiger charge is 2.12. The predicted molar refractivity (Wildman–Crippen MR) is 93.2 cm³/mol. The quantitative estimate of drug-likeness (QED) is 0.659. The largest absolute Gasteiger partial charge is 0.480 e. The second-order valence-corrected chi connectivity index (χ2v) is 5.85. The predicted octanol–water partition coefficient (Wildman–Crippen LogP) is 2.11. The van der Waals surface area contributed by atoms with Gasteiger partial charge in [0.25, 0.3) is 0 Å². The average molecular weight is 339 g/mol. The topological polar surface area (TPSA) is 72.6 Å². The molecule has 7 nitrogen and oxygen atoms in total. The number of ether oxygens (including phenoxy) is 1. The molecular formula is C18H21N5O2. The van der Waals surface area contributed by atoms with E-state index >= 15 is 0 Å². The van der Waals surface area contributed by atoms with Gasteiger partial charge in [-0.15, -0.1) is 15.3 Å². The van der Waals surface area contributed by atoms with E-state index in [1.807, 2.05) is 37.4 Å². The number of methoxy groups -OCH3 is 1. The number of benzene rings is 1. The maximum absolute atomic E-state index is 12.3. The first-order valence-electron chi connectivity index (χ1n) is 8.20. The van der Waals surface area contributed by atoms with E-state index < -0.39 is 0 Å². The average Bonchev–Trinajstić information content (AvgIpc) is 3.04. The molecule has 7 heteroatoms. The Hall–Kier alpha value is -2.96. The Labute approximate surface area is 146 Å². The summed E-state index contributed by atoms with van der Waals surface area (Å²) < 4.78 is 6.79. The molecular weight excluding hydrogens is 318 g/mol. The summed E-state index contributed by atoms with van der Waals surface area (Å²) in [6, 6.07) is 13.5. The van der Waals surface area contributed by atoms with Gasteiger partial charge in [-0.3, -0.25) is 4.79 Å². The second-order valence-electron chi connectivity index (χ2n) is 5.85. The van der Waals surface area contributed by atoms with Crippen molar-refractivity contribution in [3.05, 3.63) is 53.9 Å². The van der Waals surface area contributed by atoms with Crippen LogP contribution in [0.2, 0.25) is 0 Å². The summed E-state index contributed by atoms with van der Waals surface area (Å²) >= 11 is 0.